The molecular weight excluding hydrogens is 571 g/mol. The van der Waals surface area contributed by atoms with Crippen molar-refractivity contribution in [1.29, 1.82) is 0 Å². The molecule has 1 aliphatic heterocycles. The molecule has 1 amide bonds. The van der Waals surface area contributed by atoms with Crippen LogP contribution >= 0.6 is 0 Å². The van der Waals surface area contributed by atoms with E-state index in [-0.39, 0.29) is 28.6 Å². The zero-order chi connectivity index (χ0) is 31.2. The monoisotopic (exact) mass is 603 g/mol. The number of aromatic nitrogens is 4. The molecule has 0 saturated heterocycles. The summed E-state index contributed by atoms with van der Waals surface area (Å²) in [5, 5.41) is 11.1. The smallest absolute Gasteiger partial charge is 0.378 e. The summed E-state index contributed by atoms with van der Waals surface area (Å²) in [6, 6.07) is 10.7. The second kappa shape index (κ2) is 11.3. The summed E-state index contributed by atoms with van der Waals surface area (Å²) in [4.78, 5) is 44.1. The predicted molar refractivity (Wildman–Crippen MR) is 157 cm³/mol. The number of amides is 1. The number of aryl methyl sites for hydroxylation is 1. The molecule has 0 radical (unpaired) electrons. The largest absolute Gasteiger partial charge is 0.433 e. The van der Waals surface area contributed by atoms with Crippen molar-refractivity contribution < 1.29 is 23.1 Å². The molecule has 0 bridgehead atoms. The quantitative estimate of drug-likeness (QED) is 0.303. The van der Waals surface area contributed by atoms with Crippen LogP contribution in [0.4, 0.5) is 13.2 Å². The zero-order valence-electron chi connectivity index (χ0n) is 24.4. The first-order chi connectivity index (χ1) is 21.0. The van der Waals surface area contributed by atoms with Crippen molar-refractivity contribution in [3.05, 3.63) is 111 Å². The Balaban J connectivity index is 1.24. The van der Waals surface area contributed by atoms with Gasteiger partial charge in [0.25, 0.3) is 11.5 Å². The van der Waals surface area contributed by atoms with Gasteiger partial charge in [-0.1, -0.05) is 38.1 Å². The first kappa shape index (κ1) is 29.7. The molecule has 44 heavy (non-hydrogen) atoms. The molecule has 228 valence electrons. The third kappa shape index (κ3) is 5.63. The lowest BCUT2D eigenvalue weighted by Gasteiger charge is -2.24. The number of aliphatic hydroxyl groups excluding tert-OH is 1. The highest BCUT2D eigenvalue weighted by atomic mass is 19.4. The summed E-state index contributed by atoms with van der Waals surface area (Å²) in [6.45, 7) is 4.52. The normalized spacial score (nSPS) is 16.8. The van der Waals surface area contributed by atoms with Crippen LogP contribution in [-0.4, -0.2) is 42.4 Å². The molecule has 2 aliphatic rings. The molecule has 4 aromatic rings. The van der Waals surface area contributed by atoms with Crippen molar-refractivity contribution in [2.45, 2.75) is 69.7 Å². The van der Waals surface area contributed by atoms with E-state index in [1.54, 1.807) is 18.2 Å². The third-order valence-electron chi connectivity index (χ3n) is 8.61. The van der Waals surface area contributed by atoms with Gasteiger partial charge in [0.2, 0.25) is 0 Å². The van der Waals surface area contributed by atoms with Crippen LogP contribution in [0.3, 0.4) is 0 Å². The molecule has 1 saturated carbocycles. The maximum atomic E-state index is 13.5. The number of H-pyrrole nitrogens is 1. The maximum Gasteiger partial charge on any atom is 0.433 e. The second-order valence-corrected chi connectivity index (χ2v) is 11.9. The topological polar surface area (TPSA) is 112 Å². The number of hydrogen-bond acceptors (Lipinski definition) is 6. The number of halogens is 3. The van der Waals surface area contributed by atoms with Gasteiger partial charge in [-0.05, 0) is 77.6 Å². The van der Waals surface area contributed by atoms with Gasteiger partial charge in [0.1, 0.15) is 11.5 Å². The van der Waals surface area contributed by atoms with Crippen LogP contribution in [0, 0.1) is 0 Å². The number of aliphatic hydroxyl groups is 1. The fraction of sp³-hybridized carbons (Fsp3) is 0.364. The molecular formula is C33H32F3N5O3. The highest BCUT2D eigenvalue weighted by molar-refractivity contribution is 5.83. The number of aromatic amines is 1. The summed E-state index contributed by atoms with van der Waals surface area (Å²) in [6.07, 6.45) is 1.36. The van der Waals surface area contributed by atoms with Crippen LogP contribution in [0.25, 0.3) is 11.1 Å². The van der Waals surface area contributed by atoms with Crippen molar-refractivity contribution in [3.8, 4) is 11.1 Å². The van der Waals surface area contributed by atoms with Crippen molar-refractivity contribution in [3.63, 3.8) is 0 Å². The van der Waals surface area contributed by atoms with E-state index in [1.807, 2.05) is 12.4 Å². The Morgan fingerprint density at radius 3 is 2.57 bits per heavy atom. The fourth-order valence-corrected chi connectivity index (χ4v) is 5.83. The van der Waals surface area contributed by atoms with Crippen molar-refractivity contribution >= 4 is 5.91 Å². The minimum atomic E-state index is -4.60. The van der Waals surface area contributed by atoms with E-state index in [4.69, 9.17) is 4.98 Å². The van der Waals surface area contributed by atoms with Gasteiger partial charge in [-0.25, -0.2) is 4.98 Å². The van der Waals surface area contributed by atoms with Crippen LogP contribution in [-0.2, 0) is 29.4 Å². The Morgan fingerprint density at radius 1 is 1.07 bits per heavy atom. The lowest BCUT2D eigenvalue weighted by atomic mass is 9.93. The van der Waals surface area contributed by atoms with Gasteiger partial charge >= 0.3 is 6.18 Å². The molecule has 1 aliphatic carbocycles. The average Bonchev–Trinajstić information content (AvgIpc) is 3.85. The van der Waals surface area contributed by atoms with E-state index in [0.29, 0.717) is 47.9 Å². The van der Waals surface area contributed by atoms with Crippen LogP contribution in [0.5, 0.6) is 0 Å². The van der Waals surface area contributed by atoms with E-state index in [9.17, 15) is 27.9 Å². The van der Waals surface area contributed by atoms with Gasteiger partial charge in [-0.3, -0.25) is 19.6 Å². The van der Waals surface area contributed by atoms with Crippen LogP contribution in [0.2, 0.25) is 0 Å². The standard InChI is InChI=1S/C33H32F3N5O3/c1-19(2)23-14-24(17-37-16-23)32(9-10-32)31-39-26-7-4-12-41(18-25(26)29(43)40-31)30(44)28(42)22-6-3-5-20(13-22)21-8-11-38-27(15-21)33(34,35)36/h3,5-6,8,11,13-17,19,28,42H,4,7,9-10,12,18H2,1-2H3,(H,39,40,43)/t28-/m1/s1. The molecule has 1 aromatic carbocycles. The minimum Gasteiger partial charge on any atom is -0.378 e. The average molecular weight is 604 g/mol. The minimum absolute atomic E-state index is 0.00970. The van der Waals surface area contributed by atoms with Gasteiger partial charge in [-0.15, -0.1) is 0 Å². The van der Waals surface area contributed by atoms with Crippen molar-refractivity contribution in [2.24, 2.45) is 0 Å². The number of pyridine rings is 2. The molecule has 11 heteroatoms. The van der Waals surface area contributed by atoms with Crippen LogP contribution in [0.1, 0.15) is 84.6 Å². The van der Waals surface area contributed by atoms with Crippen LogP contribution < -0.4 is 5.56 Å². The summed E-state index contributed by atoms with van der Waals surface area (Å²) in [5.74, 6) is 0.335. The molecule has 0 spiro atoms. The third-order valence-corrected chi connectivity index (χ3v) is 8.61. The highest BCUT2D eigenvalue weighted by Gasteiger charge is 2.49. The van der Waals surface area contributed by atoms with Gasteiger partial charge in [-0.2, -0.15) is 13.2 Å². The SMILES string of the molecule is CC(C)c1cncc(C2(c3nc4c(c(=O)[nH]3)CN(C(=O)[C@H](O)c3cccc(-c5ccnc(C(F)(F)F)c5)c3)CCC4)CC2)c1. The Kier molecular flexibility index (Phi) is 7.61. The molecule has 1 fully saturated rings. The fourth-order valence-electron chi connectivity index (χ4n) is 5.83. The number of rotatable bonds is 6. The molecule has 8 nitrogen and oxygen atoms in total. The summed E-state index contributed by atoms with van der Waals surface area (Å²) in [7, 11) is 0. The van der Waals surface area contributed by atoms with E-state index < -0.39 is 23.9 Å². The van der Waals surface area contributed by atoms with Crippen LogP contribution in [0.15, 0.2) is 65.8 Å². The summed E-state index contributed by atoms with van der Waals surface area (Å²) >= 11 is 0. The van der Waals surface area contributed by atoms with E-state index in [1.165, 1.54) is 17.0 Å². The number of carbonyl (C=O) groups excluding carboxylic acids is 1. The first-order valence-corrected chi connectivity index (χ1v) is 14.6. The van der Waals surface area contributed by atoms with Crippen molar-refractivity contribution in [1.82, 2.24) is 24.8 Å². The molecule has 2 N–H and O–H groups in total. The Labute approximate surface area is 252 Å². The van der Waals surface area contributed by atoms with Crippen molar-refractivity contribution in [2.75, 3.05) is 6.54 Å². The molecule has 0 unspecified atom stereocenters. The Morgan fingerprint density at radius 2 is 1.84 bits per heavy atom. The predicted octanol–water partition coefficient (Wildman–Crippen LogP) is 5.46. The summed E-state index contributed by atoms with van der Waals surface area (Å²) < 4.78 is 39.6. The lowest BCUT2D eigenvalue weighted by Crippen LogP contribution is -2.36. The number of alkyl halides is 3. The molecule has 4 heterocycles. The molecule has 1 atom stereocenters. The van der Waals surface area contributed by atoms with Gasteiger partial charge < -0.3 is 15.0 Å². The first-order valence-electron chi connectivity index (χ1n) is 14.6. The zero-order valence-corrected chi connectivity index (χ0v) is 24.4. The summed E-state index contributed by atoms with van der Waals surface area (Å²) in [5.41, 5.74) is 2.36. The molecule has 3 aromatic heterocycles. The number of fused-ring (bicyclic) bond motifs is 1. The number of nitrogens with one attached hydrogen (secondary N) is 1. The highest BCUT2D eigenvalue weighted by Crippen LogP contribution is 2.52. The Bertz CT molecular complexity index is 1780. The van der Waals surface area contributed by atoms with Gasteiger partial charge in [0.05, 0.1) is 23.2 Å². The number of hydrogen-bond donors (Lipinski definition) is 2. The lowest BCUT2D eigenvalue weighted by molar-refractivity contribution is -0.141. The number of benzene rings is 1. The maximum absolute atomic E-state index is 13.5. The number of carbonyl (C=O) groups is 1. The van der Waals surface area contributed by atoms with Gasteiger partial charge in [0, 0.05) is 25.1 Å². The van der Waals surface area contributed by atoms with E-state index in [2.05, 4.69) is 34.9 Å². The van der Waals surface area contributed by atoms with E-state index in [0.717, 1.165) is 36.2 Å². The number of nitrogens with zero attached hydrogens (tertiary/aromatic N) is 4. The molecule has 6 rings (SSSR count). The van der Waals surface area contributed by atoms with E-state index >= 15 is 0 Å². The van der Waals surface area contributed by atoms with Gasteiger partial charge in [0.15, 0.2) is 6.10 Å². The second-order valence-electron chi connectivity index (χ2n) is 11.9. The Hall–Kier alpha value is -4.38.